The van der Waals surface area contributed by atoms with E-state index in [0.717, 1.165) is 0 Å². The Bertz CT molecular complexity index is 280. The van der Waals surface area contributed by atoms with Gasteiger partial charge in [0.1, 0.15) is 21.0 Å². The van der Waals surface area contributed by atoms with Crippen LogP contribution in [0.3, 0.4) is 0 Å². The number of esters is 1. The molecule has 0 spiro atoms. The smallest absolute Gasteiger partial charge is 0.318 e. The van der Waals surface area contributed by atoms with Crippen LogP contribution in [0.4, 0.5) is 0 Å². The topological polar surface area (TPSA) is 52.6 Å². The molecule has 0 radical (unpaired) electrons. The van der Waals surface area contributed by atoms with Gasteiger partial charge in [0, 0.05) is 0 Å². The van der Waals surface area contributed by atoms with Gasteiger partial charge in [-0.1, -0.05) is 0 Å². The van der Waals surface area contributed by atoms with Crippen LogP contribution >= 0.6 is 10.7 Å². The highest BCUT2D eigenvalue weighted by molar-refractivity contribution is 8.08. The molecule has 0 aromatic rings. The quantitative estimate of drug-likeness (QED) is 0.562. The first kappa shape index (κ1) is 12.9. The Morgan fingerprint density at radius 1 is 1.53 bits per heavy atom. The van der Waals surface area contributed by atoms with E-state index in [0.29, 0.717) is 0 Å². The Morgan fingerprint density at radius 3 is 2.33 bits per heavy atom. The van der Waals surface area contributed by atoms with Gasteiger partial charge in [-0.15, -0.1) is 0 Å². The fraction of sp³-hybridized carbons (Fsp3) is 0.889. The zero-order valence-corrected chi connectivity index (χ0v) is 10.6. The second-order valence-corrected chi connectivity index (χ2v) is 6.61. The lowest BCUT2D eigenvalue weighted by atomic mass is 9.88. The summed E-state index contributed by atoms with van der Waals surface area (Å²) in [6, 6.07) is 0. The van der Waals surface area contributed by atoms with Crippen LogP contribution < -0.4 is 0 Å². The van der Waals surface area contributed by atoms with Gasteiger partial charge in [0.15, 0.2) is 0 Å². The van der Waals surface area contributed by atoms with Gasteiger partial charge in [-0.3, -0.25) is 4.79 Å². The Kier molecular flexibility index (Phi) is 3.79. The summed E-state index contributed by atoms with van der Waals surface area (Å²) in [5, 5.41) is 0. The highest BCUT2D eigenvalue weighted by Crippen LogP contribution is 2.32. The number of halogens is 1. The average Bonchev–Trinajstić information content (AvgIpc) is 1.92. The lowest BCUT2D eigenvalue weighted by Gasteiger charge is -2.39. The van der Waals surface area contributed by atoms with Crippen LogP contribution in [-0.4, -0.2) is 34.7 Å². The first-order valence-electron chi connectivity index (χ1n) is 4.61. The molecule has 1 atom stereocenters. The van der Waals surface area contributed by atoms with Crippen LogP contribution in [-0.2, 0) is 24.3 Å². The van der Waals surface area contributed by atoms with Crippen LogP contribution in [0.2, 0.25) is 0 Å². The molecule has 1 saturated heterocycles. The van der Waals surface area contributed by atoms with Crippen molar-refractivity contribution in [1.82, 2.24) is 0 Å². The standard InChI is InChI=1S/C9H15ClO4S/c1-8(2,3)14-7(11)9(4-13-5-9)6-15(10)12/h4-6H2,1-3H3. The number of carbonyl (C=O) groups is 1. The highest BCUT2D eigenvalue weighted by Gasteiger charge is 2.49. The number of rotatable bonds is 3. The SMILES string of the molecule is CC(C)(C)OC(=O)C1(CS(=O)Cl)COC1. The van der Waals surface area contributed by atoms with Crippen LogP contribution in [0.15, 0.2) is 0 Å². The molecular formula is C9H15ClO4S. The summed E-state index contributed by atoms with van der Waals surface area (Å²) in [5.74, 6) is -0.293. The van der Waals surface area contributed by atoms with Crippen LogP contribution in [0.5, 0.6) is 0 Å². The third kappa shape index (κ3) is 3.43. The predicted octanol–water partition coefficient (Wildman–Crippen LogP) is 1.25. The van der Waals surface area contributed by atoms with Crippen molar-refractivity contribution in [3.05, 3.63) is 0 Å². The molecule has 0 aromatic heterocycles. The van der Waals surface area contributed by atoms with Gasteiger partial charge in [-0.25, -0.2) is 4.21 Å². The molecule has 1 aliphatic rings. The van der Waals surface area contributed by atoms with Crippen molar-refractivity contribution in [2.75, 3.05) is 19.0 Å². The van der Waals surface area contributed by atoms with Crippen molar-refractivity contribution >= 4 is 26.7 Å². The summed E-state index contributed by atoms with van der Waals surface area (Å²) in [7, 11) is 3.86. The largest absolute Gasteiger partial charge is 0.459 e. The molecule has 4 nitrogen and oxygen atoms in total. The molecule has 0 saturated carbocycles. The van der Waals surface area contributed by atoms with Crippen LogP contribution in [0.25, 0.3) is 0 Å². The first-order chi connectivity index (χ1) is 6.75. The van der Waals surface area contributed by atoms with E-state index in [1.54, 1.807) is 20.8 Å². The summed E-state index contributed by atoms with van der Waals surface area (Å²) in [5.41, 5.74) is -1.35. The van der Waals surface area contributed by atoms with Gasteiger partial charge < -0.3 is 9.47 Å². The Hall–Kier alpha value is -0.130. The van der Waals surface area contributed by atoms with E-state index in [-0.39, 0.29) is 24.9 Å². The van der Waals surface area contributed by atoms with Crippen molar-refractivity contribution < 1.29 is 18.5 Å². The fourth-order valence-corrected chi connectivity index (χ4v) is 2.56. The minimum absolute atomic E-state index is 0.0868. The Balaban J connectivity index is 2.66. The van der Waals surface area contributed by atoms with Gasteiger partial charge >= 0.3 is 5.97 Å². The van der Waals surface area contributed by atoms with Gasteiger partial charge in [0.05, 0.1) is 19.0 Å². The maximum Gasteiger partial charge on any atom is 0.318 e. The maximum atomic E-state index is 11.8. The second-order valence-electron chi connectivity index (χ2n) is 4.71. The second kappa shape index (κ2) is 4.39. The van der Waals surface area contributed by atoms with Crippen molar-refractivity contribution in [2.24, 2.45) is 5.41 Å². The lowest BCUT2D eigenvalue weighted by molar-refractivity contribution is -0.191. The molecule has 1 heterocycles. The zero-order valence-electron chi connectivity index (χ0n) is 9.04. The molecule has 1 rings (SSSR count). The van der Waals surface area contributed by atoms with Crippen LogP contribution in [0, 0.1) is 5.41 Å². The van der Waals surface area contributed by atoms with E-state index in [1.807, 2.05) is 0 Å². The number of carbonyl (C=O) groups excluding carboxylic acids is 1. The van der Waals surface area contributed by atoms with Crippen molar-refractivity contribution in [3.63, 3.8) is 0 Å². The molecule has 1 unspecified atom stereocenters. The maximum absolute atomic E-state index is 11.8. The summed E-state index contributed by atoms with van der Waals surface area (Å²) < 4.78 is 21.2. The van der Waals surface area contributed by atoms with E-state index in [1.165, 1.54) is 0 Å². The molecule has 6 heteroatoms. The molecule has 88 valence electrons. The molecular weight excluding hydrogens is 240 g/mol. The van der Waals surface area contributed by atoms with E-state index in [2.05, 4.69) is 0 Å². The molecule has 1 fully saturated rings. The summed E-state index contributed by atoms with van der Waals surface area (Å²) in [4.78, 5) is 11.8. The van der Waals surface area contributed by atoms with Gasteiger partial charge in [0.25, 0.3) is 0 Å². The molecule has 1 aliphatic heterocycles. The van der Waals surface area contributed by atoms with Gasteiger partial charge in [0.2, 0.25) is 0 Å². The van der Waals surface area contributed by atoms with E-state index < -0.39 is 21.0 Å². The molecule has 0 N–H and O–H groups in total. The third-order valence-electron chi connectivity index (χ3n) is 1.98. The molecule has 0 bridgehead atoms. The van der Waals surface area contributed by atoms with Gasteiger partial charge in [-0.05, 0) is 31.5 Å². The molecule has 0 aromatic carbocycles. The summed E-state index contributed by atoms with van der Waals surface area (Å²) in [6.07, 6.45) is 0. The van der Waals surface area contributed by atoms with Gasteiger partial charge in [-0.2, -0.15) is 0 Å². The van der Waals surface area contributed by atoms with E-state index >= 15 is 0 Å². The highest BCUT2D eigenvalue weighted by atomic mass is 35.7. The predicted molar refractivity (Wildman–Crippen MR) is 58.0 cm³/mol. The normalized spacial score (nSPS) is 21.6. The van der Waals surface area contributed by atoms with E-state index in [9.17, 15) is 9.00 Å². The Labute approximate surface area is 96.2 Å². The zero-order chi connectivity index (χ0) is 11.7. The monoisotopic (exact) mass is 254 g/mol. The summed E-state index contributed by atoms with van der Waals surface area (Å²) in [6.45, 7) is 5.84. The number of hydrogen-bond acceptors (Lipinski definition) is 4. The molecule has 0 amide bonds. The number of ether oxygens (including phenoxy) is 2. The Morgan fingerprint density at radius 2 is 2.07 bits per heavy atom. The lowest BCUT2D eigenvalue weighted by Crippen LogP contribution is -2.54. The molecule has 0 aliphatic carbocycles. The fourth-order valence-electron chi connectivity index (χ4n) is 1.21. The van der Waals surface area contributed by atoms with Crippen LogP contribution in [0.1, 0.15) is 20.8 Å². The summed E-state index contributed by atoms with van der Waals surface area (Å²) >= 11 is 0. The average molecular weight is 255 g/mol. The first-order valence-corrected chi connectivity index (χ1v) is 6.76. The van der Waals surface area contributed by atoms with Crippen molar-refractivity contribution in [1.29, 1.82) is 0 Å². The number of hydrogen-bond donors (Lipinski definition) is 0. The minimum Gasteiger partial charge on any atom is -0.459 e. The van der Waals surface area contributed by atoms with Crippen molar-refractivity contribution in [2.45, 2.75) is 26.4 Å². The van der Waals surface area contributed by atoms with E-state index in [4.69, 9.17) is 20.2 Å². The van der Waals surface area contributed by atoms with Crippen molar-refractivity contribution in [3.8, 4) is 0 Å². The third-order valence-corrected chi connectivity index (χ3v) is 3.09. The minimum atomic E-state index is -1.54. The molecule has 15 heavy (non-hydrogen) atoms.